The molecule has 0 amide bonds. The topological polar surface area (TPSA) is 15.3 Å². The molecule has 1 unspecified atom stereocenters. The Labute approximate surface area is 106 Å². The lowest BCUT2D eigenvalue weighted by Crippen LogP contribution is -2.27. The molecule has 96 valence electrons. The lowest BCUT2D eigenvalue weighted by molar-refractivity contribution is 0.244. The van der Waals surface area contributed by atoms with E-state index in [0.717, 1.165) is 19.6 Å². The highest BCUT2D eigenvalue weighted by atomic mass is 15.1. The molecule has 1 aromatic rings. The Hall–Kier alpha value is -0.860. The maximum absolute atomic E-state index is 3.34. The lowest BCUT2D eigenvalue weighted by Gasteiger charge is -2.23. The van der Waals surface area contributed by atoms with Crippen molar-refractivity contribution in [3.8, 4) is 0 Å². The summed E-state index contributed by atoms with van der Waals surface area (Å²) in [7, 11) is 2.20. The van der Waals surface area contributed by atoms with Crippen molar-refractivity contribution in [3.63, 3.8) is 0 Å². The van der Waals surface area contributed by atoms with Gasteiger partial charge in [0.2, 0.25) is 0 Å². The number of benzene rings is 1. The van der Waals surface area contributed by atoms with Crippen molar-refractivity contribution in [2.75, 3.05) is 13.6 Å². The zero-order valence-electron chi connectivity index (χ0n) is 11.7. The molecular weight excluding hydrogens is 208 g/mol. The van der Waals surface area contributed by atoms with Crippen LogP contribution in [0.15, 0.2) is 24.3 Å². The van der Waals surface area contributed by atoms with Crippen LogP contribution in [0, 0.1) is 0 Å². The summed E-state index contributed by atoms with van der Waals surface area (Å²) in [6, 6.07) is 9.58. The molecule has 1 atom stereocenters. The maximum Gasteiger partial charge on any atom is 0.0233 e. The van der Waals surface area contributed by atoms with E-state index in [2.05, 4.69) is 62.3 Å². The second-order valence-electron chi connectivity index (χ2n) is 4.77. The summed E-state index contributed by atoms with van der Waals surface area (Å²) in [4.78, 5) is 2.40. The van der Waals surface area contributed by atoms with Crippen LogP contribution in [-0.4, -0.2) is 24.5 Å². The van der Waals surface area contributed by atoms with Crippen LogP contribution in [0.5, 0.6) is 0 Å². The molecule has 1 rings (SSSR count). The first-order valence-corrected chi connectivity index (χ1v) is 6.66. The van der Waals surface area contributed by atoms with Gasteiger partial charge in [0.25, 0.3) is 0 Å². The van der Waals surface area contributed by atoms with Gasteiger partial charge in [-0.2, -0.15) is 0 Å². The molecule has 0 radical (unpaired) electrons. The van der Waals surface area contributed by atoms with Crippen LogP contribution in [0.2, 0.25) is 0 Å². The summed E-state index contributed by atoms with van der Waals surface area (Å²) in [6.07, 6.45) is 1.20. The predicted octanol–water partition coefficient (Wildman–Crippen LogP) is 3.03. The number of nitrogens with zero attached hydrogens (tertiary/aromatic N) is 1. The third-order valence-electron chi connectivity index (χ3n) is 3.38. The predicted molar refractivity (Wildman–Crippen MR) is 75.0 cm³/mol. The molecule has 0 aromatic heterocycles. The summed E-state index contributed by atoms with van der Waals surface area (Å²) in [5.74, 6) is 0. The highest BCUT2D eigenvalue weighted by Crippen LogP contribution is 2.09. The van der Waals surface area contributed by atoms with Crippen LogP contribution in [0.1, 0.15) is 38.3 Å². The van der Waals surface area contributed by atoms with Gasteiger partial charge in [-0.05, 0) is 38.1 Å². The average Bonchev–Trinajstić information content (AvgIpc) is 2.37. The first-order valence-electron chi connectivity index (χ1n) is 6.66. The van der Waals surface area contributed by atoms with Crippen LogP contribution < -0.4 is 5.32 Å². The van der Waals surface area contributed by atoms with Gasteiger partial charge >= 0.3 is 0 Å². The van der Waals surface area contributed by atoms with Crippen LogP contribution in [-0.2, 0) is 13.1 Å². The van der Waals surface area contributed by atoms with Gasteiger partial charge in [0.1, 0.15) is 0 Å². The molecule has 0 heterocycles. The van der Waals surface area contributed by atoms with E-state index in [4.69, 9.17) is 0 Å². The second kappa shape index (κ2) is 7.46. The first kappa shape index (κ1) is 14.2. The largest absolute Gasteiger partial charge is 0.313 e. The fourth-order valence-electron chi connectivity index (χ4n) is 1.79. The van der Waals surface area contributed by atoms with Crippen LogP contribution >= 0.6 is 0 Å². The van der Waals surface area contributed by atoms with E-state index in [0.29, 0.717) is 6.04 Å². The van der Waals surface area contributed by atoms with Crippen LogP contribution in [0.25, 0.3) is 0 Å². The Morgan fingerprint density at radius 3 is 2.24 bits per heavy atom. The lowest BCUT2D eigenvalue weighted by atomic mass is 10.1. The zero-order chi connectivity index (χ0) is 12.7. The molecule has 1 aromatic carbocycles. The summed E-state index contributed by atoms with van der Waals surface area (Å²) < 4.78 is 0. The Morgan fingerprint density at radius 2 is 1.71 bits per heavy atom. The number of rotatable bonds is 7. The minimum Gasteiger partial charge on any atom is -0.313 e. The minimum atomic E-state index is 0.649. The molecule has 0 bridgehead atoms. The third-order valence-corrected chi connectivity index (χ3v) is 3.38. The Balaban J connectivity index is 2.50. The van der Waals surface area contributed by atoms with E-state index in [1.807, 2.05) is 0 Å². The van der Waals surface area contributed by atoms with Crippen molar-refractivity contribution < 1.29 is 0 Å². The molecule has 0 spiro atoms. The molecule has 0 aliphatic heterocycles. The standard InChI is InChI=1S/C15H26N2/c1-5-13(3)17(4)12-15-9-7-14(8-10-15)11-16-6-2/h7-10,13,16H,5-6,11-12H2,1-4H3. The van der Waals surface area contributed by atoms with Gasteiger partial charge in [-0.25, -0.2) is 0 Å². The van der Waals surface area contributed by atoms with Gasteiger partial charge in [-0.1, -0.05) is 38.1 Å². The first-order chi connectivity index (χ1) is 8.17. The minimum absolute atomic E-state index is 0.649. The highest BCUT2D eigenvalue weighted by molar-refractivity contribution is 5.22. The molecule has 17 heavy (non-hydrogen) atoms. The number of hydrogen-bond donors (Lipinski definition) is 1. The fourth-order valence-corrected chi connectivity index (χ4v) is 1.79. The number of nitrogens with one attached hydrogen (secondary N) is 1. The van der Waals surface area contributed by atoms with Gasteiger partial charge in [-0.3, -0.25) is 4.90 Å². The molecule has 0 saturated carbocycles. The van der Waals surface area contributed by atoms with Gasteiger partial charge in [0, 0.05) is 19.1 Å². The molecule has 2 nitrogen and oxygen atoms in total. The van der Waals surface area contributed by atoms with Crippen LogP contribution in [0.3, 0.4) is 0 Å². The zero-order valence-corrected chi connectivity index (χ0v) is 11.7. The van der Waals surface area contributed by atoms with Crippen molar-refractivity contribution in [2.45, 2.75) is 46.3 Å². The fraction of sp³-hybridized carbons (Fsp3) is 0.600. The van der Waals surface area contributed by atoms with Crippen molar-refractivity contribution in [1.82, 2.24) is 10.2 Å². The number of hydrogen-bond acceptors (Lipinski definition) is 2. The Kier molecular flexibility index (Phi) is 6.23. The second-order valence-corrected chi connectivity index (χ2v) is 4.77. The van der Waals surface area contributed by atoms with E-state index in [-0.39, 0.29) is 0 Å². The SMILES string of the molecule is CCNCc1ccc(CN(C)C(C)CC)cc1. The molecule has 1 N–H and O–H groups in total. The summed E-state index contributed by atoms with van der Waals surface area (Å²) in [5.41, 5.74) is 2.76. The van der Waals surface area contributed by atoms with Crippen molar-refractivity contribution in [1.29, 1.82) is 0 Å². The van der Waals surface area contributed by atoms with Gasteiger partial charge < -0.3 is 5.32 Å². The Morgan fingerprint density at radius 1 is 1.12 bits per heavy atom. The van der Waals surface area contributed by atoms with Crippen molar-refractivity contribution in [2.24, 2.45) is 0 Å². The average molecular weight is 234 g/mol. The monoisotopic (exact) mass is 234 g/mol. The quantitative estimate of drug-likeness (QED) is 0.780. The van der Waals surface area contributed by atoms with Crippen molar-refractivity contribution >= 4 is 0 Å². The smallest absolute Gasteiger partial charge is 0.0233 e. The molecule has 0 fully saturated rings. The van der Waals surface area contributed by atoms with E-state index >= 15 is 0 Å². The molecule has 0 aliphatic rings. The van der Waals surface area contributed by atoms with E-state index < -0.39 is 0 Å². The third kappa shape index (κ3) is 4.88. The highest BCUT2D eigenvalue weighted by Gasteiger charge is 2.06. The van der Waals surface area contributed by atoms with Gasteiger partial charge in [-0.15, -0.1) is 0 Å². The molecule has 0 saturated heterocycles. The van der Waals surface area contributed by atoms with E-state index in [1.54, 1.807) is 0 Å². The molecule has 0 aliphatic carbocycles. The van der Waals surface area contributed by atoms with Crippen LogP contribution in [0.4, 0.5) is 0 Å². The van der Waals surface area contributed by atoms with Crippen molar-refractivity contribution in [3.05, 3.63) is 35.4 Å². The summed E-state index contributed by atoms with van der Waals surface area (Å²) in [5, 5.41) is 3.34. The van der Waals surface area contributed by atoms with Gasteiger partial charge in [0.05, 0.1) is 0 Å². The summed E-state index contributed by atoms with van der Waals surface area (Å²) in [6.45, 7) is 9.68. The van der Waals surface area contributed by atoms with E-state index in [9.17, 15) is 0 Å². The molecule has 2 heteroatoms. The summed E-state index contributed by atoms with van der Waals surface area (Å²) >= 11 is 0. The Bertz CT molecular complexity index is 305. The molecular formula is C15H26N2. The van der Waals surface area contributed by atoms with Gasteiger partial charge in [0.15, 0.2) is 0 Å². The van der Waals surface area contributed by atoms with E-state index in [1.165, 1.54) is 17.5 Å². The normalized spacial score (nSPS) is 13.0. The maximum atomic E-state index is 3.34.